The first-order chi connectivity index (χ1) is 9.88. The average molecular weight is 285 g/mol. The Morgan fingerprint density at radius 1 is 1.24 bits per heavy atom. The number of nitrogens with one attached hydrogen (secondary N) is 1. The topological polar surface area (TPSA) is 77.1 Å². The van der Waals surface area contributed by atoms with E-state index in [1.807, 2.05) is 0 Å². The van der Waals surface area contributed by atoms with E-state index in [0.717, 1.165) is 0 Å². The molecule has 0 radical (unpaired) electrons. The Hall–Kier alpha value is -2.56. The van der Waals surface area contributed by atoms with Gasteiger partial charge < -0.3 is 15.6 Å². The number of nitrogens with two attached hydrogens (primary N) is 1. The predicted molar refractivity (Wildman–Crippen MR) is 84.0 cm³/mol. The van der Waals surface area contributed by atoms with Crippen LogP contribution in [0.4, 0.5) is 11.4 Å². The van der Waals surface area contributed by atoms with E-state index in [1.54, 1.807) is 56.4 Å². The molecule has 1 aromatic carbocycles. The van der Waals surface area contributed by atoms with E-state index in [0.29, 0.717) is 17.9 Å². The van der Waals surface area contributed by atoms with Gasteiger partial charge in [-0.2, -0.15) is 0 Å². The third-order valence-electron chi connectivity index (χ3n) is 3.22. The van der Waals surface area contributed by atoms with Gasteiger partial charge >= 0.3 is 0 Å². The maximum atomic E-state index is 12.4. The molecule has 0 fully saturated rings. The van der Waals surface area contributed by atoms with Gasteiger partial charge in [0.1, 0.15) is 0 Å². The van der Waals surface area contributed by atoms with Crippen molar-refractivity contribution in [1.29, 1.82) is 0 Å². The van der Waals surface area contributed by atoms with Crippen LogP contribution in [0.5, 0.6) is 0 Å². The van der Waals surface area contributed by atoms with Crippen LogP contribution in [-0.2, 0) is 11.3 Å². The molecule has 2 rings (SSSR count). The summed E-state index contributed by atoms with van der Waals surface area (Å²) in [5.74, 6) is -0.163. The van der Waals surface area contributed by atoms with Crippen LogP contribution >= 0.6 is 0 Å². The third-order valence-corrected chi connectivity index (χ3v) is 3.22. The van der Waals surface area contributed by atoms with Crippen molar-refractivity contribution >= 4 is 17.3 Å². The van der Waals surface area contributed by atoms with E-state index in [9.17, 15) is 9.59 Å². The number of amides is 1. The average Bonchev–Trinajstić information content (AvgIpc) is 2.41. The summed E-state index contributed by atoms with van der Waals surface area (Å²) >= 11 is 0. The van der Waals surface area contributed by atoms with Gasteiger partial charge in [-0.25, -0.2) is 0 Å². The van der Waals surface area contributed by atoms with Crippen molar-refractivity contribution in [2.24, 2.45) is 5.41 Å². The van der Waals surface area contributed by atoms with Crippen LogP contribution in [0.3, 0.4) is 0 Å². The van der Waals surface area contributed by atoms with Gasteiger partial charge in [-0.1, -0.05) is 12.1 Å². The van der Waals surface area contributed by atoms with Crippen LogP contribution in [0, 0.1) is 5.41 Å². The van der Waals surface area contributed by atoms with Crippen molar-refractivity contribution in [3.63, 3.8) is 0 Å². The Morgan fingerprint density at radius 3 is 2.67 bits per heavy atom. The monoisotopic (exact) mass is 285 g/mol. The molecule has 0 aliphatic rings. The molecular weight excluding hydrogens is 266 g/mol. The highest BCUT2D eigenvalue weighted by Gasteiger charge is 2.28. The van der Waals surface area contributed by atoms with E-state index in [1.165, 1.54) is 10.6 Å². The van der Waals surface area contributed by atoms with Crippen LogP contribution in [-0.4, -0.2) is 10.5 Å². The second kappa shape index (κ2) is 5.83. The van der Waals surface area contributed by atoms with Crippen LogP contribution in [0.15, 0.2) is 53.5 Å². The zero-order chi connectivity index (χ0) is 15.5. The minimum atomic E-state index is -0.726. The molecule has 0 bridgehead atoms. The summed E-state index contributed by atoms with van der Waals surface area (Å²) < 4.78 is 1.53. The van der Waals surface area contributed by atoms with Gasteiger partial charge in [-0.3, -0.25) is 9.59 Å². The minimum Gasteiger partial charge on any atom is -0.399 e. The Kier molecular flexibility index (Phi) is 4.12. The van der Waals surface area contributed by atoms with E-state index in [2.05, 4.69) is 5.32 Å². The van der Waals surface area contributed by atoms with Crippen molar-refractivity contribution in [3.05, 3.63) is 59.0 Å². The number of anilines is 2. The predicted octanol–water partition coefficient (Wildman–Crippen LogP) is 2.10. The first-order valence-electron chi connectivity index (χ1n) is 6.71. The number of rotatable bonds is 4. The second-order valence-electron chi connectivity index (χ2n) is 5.63. The smallest absolute Gasteiger partial charge is 0.250 e. The number of aromatic nitrogens is 1. The summed E-state index contributed by atoms with van der Waals surface area (Å²) in [4.78, 5) is 24.1. The summed E-state index contributed by atoms with van der Waals surface area (Å²) in [5.41, 5.74) is 6.08. The lowest BCUT2D eigenvalue weighted by molar-refractivity contribution is -0.124. The number of carbonyl (C=O) groups excluding carboxylic acids is 1. The number of carbonyl (C=O) groups is 1. The molecule has 3 N–H and O–H groups in total. The molecule has 1 aromatic heterocycles. The maximum Gasteiger partial charge on any atom is 0.250 e. The zero-order valence-electron chi connectivity index (χ0n) is 12.2. The van der Waals surface area contributed by atoms with Crippen LogP contribution in [0.25, 0.3) is 0 Å². The number of hydrogen-bond acceptors (Lipinski definition) is 3. The Labute approximate surface area is 123 Å². The lowest BCUT2D eigenvalue weighted by atomic mass is 9.92. The lowest BCUT2D eigenvalue weighted by Gasteiger charge is -2.24. The fraction of sp³-hybridized carbons (Fsp3) is 0.250. The van der Waals surface area contributed by atoms with Crippen LogP contribution < -0.4 is 16.6 Å². The molecule has 5 nitrogen and oxygen atoms in total. The fourth-order valence-electron chi connectivity index (χ4n) is 2.01. The van der Waals surface area contributed by atoms with E-state index < -0.39 is 5.41 Å². The van der Waals surface area contributed by atoms with Crippen LogP contribution in [0.2, 0.25) is 0 Å². The minimum absolute atomic E-state index is 0.123. The second-order valence-corrected chi connectivity index (χ2v) is 5.63. The van der Waals surface area contributed by atoms with Gasteiger partial charge in [0.25, 0.3) is 5.56 Å². The highest BCUT2D eigenvalue weighted by molar-refractivity contribution is 5.95. The van der Waals surface area contributed by atoms with Crippen molar-refractivity contribution in [3.8, 4) is 0 Å². The molecular formula is C16H19N3O2. The highest BCUT2D eigenvalue weighted by Crippen LogP contribution is 2.21. The van der Waals surface area contributed by atoms with Gasteiger partial charge in [0.15, 0.2) is 0 Å². The quantitative estimate of drug-likeness (QED) is 0.844. The van der Waals surface area contributed by atoms with E-state index in [-0.39, 0.29) is 11.5 Å². The zero-order valence-corrected chi connectivity index (χ0v) is 12.2. The fourth-order valence-corrected chi connectivity index (χ4v) is 2.01. The van der Waals surface area contributed by atoms with Gasteiger partial charge in [0.2, 0.25) is 5.91 Å². The number of benzene rings is 1. The molecule has 1 heterocycles. The van der Waals surface area contributed by atoms with Crippen molar-refractivity contribution in [2.75, 3.05) is 11.1 Å². The molecule has 0 aliphatic carbocycles. The molecule has 110 valence electrons. The van der Waals surface area contributed by atoms with Crippen molar-refractivity contribution in [2.45, 2.75) is 20.4 Å². The molecule has 1 amide bonds. The maximum absolute atomic E-state index is 12.4. The first kappa shape index (κ1) is 14.8. The highest BCUT2D eigenvalue weighted by atomic mass is 16.2. The van der Waals surface area contributed by atoms with Gasteiger partial charge in [-0.15, -0.1) is 0 Å². The van der Waals surface area contributed by atoms with E-state index >= 15 is 0 Å². The summed E-state index contributed by atoms with van der Waals surface area (Å²) in [6.45, 7) is 3.91. The SMILES string of the molecule is CC(C)(Cn1ccccc1=O)C(=O)Nc1cccc(N)c1. The summed E-state index contributed by atoms with van der Waals surface area (Å²) in [6.07, 6.45) is 1.68. The molecule has 0 aliphatic heterocycles. The molecule has 2 aromatic rings. The Bertz CT molecular complexity index is 704. The number of pyridine rings is 1. The lowest BCUT2D eigenvalue weighted by Crippen LogP contribution is -2.37. The number of nitrogens with zero attached hydrogens (tertiary/aromatic N) is 1. The van der Waals surface area contributed by atoms with Gasteiger partial charge in [0, 0.05) is 30.2 Å². The Balaban J connectivity index is 2.14. The number of nitrogen functional groups attached to an aromatic ring is 1. The molecule has 0 saturated heterocycles. The number of hydrogen-bond donors (Lipinski definition) is 2. The summed E-state index contributed by atoms with van der Waals surface area (Å²) in [5, 5.41) is 2.83. The Morgan fingerprint density at radius 2 is 2.00 bits per heavy atom. The summed E-state index contributed by atoms with van der Waals surface area (Å²) in [7, 11) is 0. The molecule has 0 saturated carbocycles. The van der Waals surface area contributed by atoms with Gasteiger partial charge in [0.05, 0.1) is 5.41 Å². The molecule has 21 heavy (non-hydrogen) atoms. The molecule has 0 atom stereocenters. The summed E-state index contributed by atoms with van der Waals surface area (Å²) in [6, 6.07) is 11.9. The van der Waals surface area contributed by atoms with Gasteiger partial charge in [-0.05, 0) is 38.1 Å². The first-order valence-corrected chi connectivity index (χ1v) is 6.71. The standard InChI is InChI=1S/C16H19N3O2/c1-16(2,11-19-9-4-3-8-14(19)20)15(21)18-13-7-5-6-12(17)10-13/h3-10H,11,17H2,1-2H3,(H,18,21). The normalized spacial score (nSPS) is 11.1. The third kappa shape index (κ3) is 3.72. The van der Waals surface area contributed by atoms with Crippen molar-refractivity contribution < 1.29 is 4.79 Å². The molecule has 0 unspecified atom stereocenters. The van der Waals surface area contributed by atoms with Crippen LogP contribution in [0.1, 0.15) is 13.8 Å². The molecule has 0 spiro atoms. The molecule has 5 heteroatoms. The largest absolute Gasteiger partial charge is 0.399 e. The van der Waals surface area contributed by atoms with E-state index in [4.69, 9.17) is 5.73 Å². The van der Waals surface area contributed by atoms with Crippen molar-refractivity contribution in [1.82, 2.24) is 4.57 Å².